The Bertz CT molecular complexity index is 327. The maximum atomic E-state index is 12.7. The van der Waals surface area contributed by atoms with Crippen LogP contribution in [0.3, 0.4) is 0 Å². The molecule has 19 heavy (non-hydrogen) atoms. The Labute approximate surface area is 115 Å². The molecule has 2 aliphatic heterocycles. The summed E-state index contributed by atoms with van der Waals surface area (Å²) in [5.41, 5.74) is 0. The Balaban J connectivity index is 1.60. The SMILES string of the molecule is CN1CCO[C@H](C(=O)N(C[C@@H]2CCCN2)C2CC2)C1. The minimum atomic E-state index is -0.249. The van der Waals surface area contributed by atoms with Crippen LogP contribution in [0.1, 0.15) is 25.7 Å². The van der Waals surface area contributed by atoms with Crippen LogP contribution in [0, 0.1) is 0 Å². The molecule has 0 aromatic heterocycles. The second-order valence-corrected chi connectivity index (χ2v) is 6.14. The predicted octanol–water partition coefficient (Wildman–Crippen LogP) is 0.0600. The van der Waals surface area contributed by atoms with Gasteiger partial charge < -0.3 is 19.9 Å². The quantitative estimate of drug-likeness (QED) is 0.782. The van der Waals surface area contributed by atoms with Gasteiger partial charge in [0.25, 0.3) is 5.91 Å². The molecule has 2 atom stereocenters. The van der Waals surface area contributed by atoms with Crippen LogP contribution in [0.4, 0.5) is 0 Å². The third-order valence-electron chi connectivity index (χ3n) is 4.40. The summed E-state index contributed by atoms with van der Waals surface area (Å²) in [4.78, 5) is 16.9. The zero-order valence-electron chi connectivity index (χ0n) is 11.8. The van der Waals surface area contributed by atoms with Gasteiger partial charge >= 0.3 is 0 Å². The lowest BCUT2D eigenvalue weighted by Crippen LogP contribution is -2.52. The number of carbonyl (C=O) groups is 1. The second-order valence-electron chi connectivity index (χ2n) is 6.14. The van der Waals surface area contributed by atoms with Crippen LogP contribution in [0.5, 0.6) is 0 Å². The van der Waals surface area contributed by atoms with Crippen molar-refractivity contribution in [2.75, 3.05) is 39.8 Å². The van der Waals surface area contributed by atoms with E-state index in [0.717, 1.165) is 26.2 Å². The van der Waals surface area contributed by atoms with E-state index in [-0.39, 0.29) is 12.0 Å². The number of carbonyl (C=O) groups excluding carboxylic acids is 1. The molecule has 5 heteroatoms. The van der Waals surface area contributed by atoms with Gasteiger partial charge in [-0.2, -0.15) is 0 Å². The third kappa shape index (κ3) is 3.27. The van der Waals surface area contributed by atoms with Crippen LogP contribution in [0.15, 0.2) is 0 Å². The molecule has 0 aromatic rings. The minimum Gasteiger partial charge on any atom is -0.366 e. The van der Waals surface area contributed by atoms with E-state index in [9.17, 15) is 4.79 Å². The zero-order valence-corrected chi connectivity index (χ0v) is 11.8. The van der Waals surface area contributed by atoms with Gasteiger partial charge in [0.15, 0.2) is 0 Å². The topological polar surface area (TPSA) is 44.8 Å². The molecular weight excluding hydrogens is 242 g/mol. The molecule has 108 valence electrons. The number of hydrogen-bond donors (Lipinski definition) is 1. The van der Waals surface area contributed by atoms with Crippen molar-refractivity contribution in [1.82, 2.24) is 15.1 Å². The molecule has 1 saturated carbocycles. The normalized spacial score (nSPS) is 32.5. The number of nitrogens with one attached hydrogen (secondary N) is 1. The Morgan fingerprint density at radius 1 is 1.42 bits per heavy atom. The number of hydrogen-bond acceptors (Lipinski definition) is 4. The predicted molar refractivity (Wildman–Crippen MR) is 73.0 cm³/mol. The maximum Gasteiger partial charge on any atom is 0.253 e. The molecule has 0 spiro atoms. The highest BCUT2D eigenvalue weighted by Gasteiger charge is 2.38. The molecule has 1 amide bonds. The second kappa shape index (κ2) is 5.77. The van der Waals surface area contributed by atoms with Crippen molar-refractivity contribution in [2.24, 2.45) is 0 Å². The number of morpholine rings is 1. The van der Waals surface area contributed by atoms with E-state index in [1.54, 1.807) is 0 Å². The van der Waals surface area contributed by atoms with Gasteiger partial charge in [-0.3, -0.25) is 4.79 Å². The largest absolute Gasteiger partial charge is 0.366 e. The van der Waals surface area contributed by atoms with Gasteiger partial charge in [0.1, 0.15) is 6.10 Å². The Hall–Kier alpha value is -0.650. The standard InChI is InChI=1S/C14H25N3O2/c1-16-7-8-19-13(10-16)14(18)17(12-4-5-12)9-11-3-2-6-15-11/h11-13,15H,2-10H2,1H3/t11-,13-/m0/s1. The van der Waals surface area contributed by atoms with Crippen LogP contribution in [-0.4, -0.2) is 73.7 Å². The summed E-state index contributed by atoms with van der Waals surface area (Å²) in [6.45, 7) is 4.30. The van der Waals surface area contributed by atoms with E-state index < -0.39 is 0 Å². The van der Waals surface area contributed by atoms with Crippen molar-refractivity contribution in [3.63, 3.8) is 0 Å². The lowest BCUT2D eigenvalue weighted by molar-refractivity contribution is -0.149. The highest BCUT2D eigenvalue weighted by atomic mass is 16.5. The molecule has 3 aliphatic rings. The van der Waals surface area contributed by atoms with E-state index >= 15 is 0 Å². The van der Waals surface area contributed by atoms with Crippen molar-refractivity contribution in [3.8, 4) is 0 Å². The molecule has 0 aromatic carbocycles. The van der Waals surface area contributed by atoms with E-state index in [2.05, 4.69) is 22.2 Å². The van der Waals surface area contributed by atoms with E-state index in [4.69, 9.17) is 4.74 Å². The van der Waals surface area contributed by atoms with Crippen LogP contribution < -0.4 is 5.32 Å². The summed E-state index contributed by atoms with van der Waals surface area (Å²) >= 11 is 0. The number of likely N-dealkylation sites (N-methyl/N-ethyl adjacent to an activating group) is 1. The fraction of sp³-hybridized carbons (Fsp3) is 0.929. The molecule has 3 fully saturated rings. The van der Waals surface area contributed by atoms with Gasteiger partial charge in [0.05, 0.1) is 6.61 Å². The average molecular weight is 267 g/mol. The zero-order chi connectivity index (χ0) is 13.2. The van der Waals surface area contributed by atoms with Gasteiger partial charge in [0.2, 0.25) is 0 Å². The minimum absolute atomic E-state index is 0.211. The van der Waals surface area contributed by atoms with Crippen LogP contribution in [0.2, 0.25) is 0 Å². The first kappa shape index (κ1) is 13.3. The molecule has 3 rings (SSSR count). The summed E-state index contributed by atoms with van der Waals surface area (Å²) < 4.78 is 5.68. The van der Waals surface area contributed by atoms with Crippen LogP contribution >= 0.6 is 0 Å². The average Bonchev–Trinajstić information content (AvgIpc) is 3.12. The monoisotopic (exact) mass is 267 g/mol. The molecule has 2 heterocycles. The van der Waals surface area contributed by atoms with E-state index in [1.165, 1.54) is 25.7 Å². The van der Waals surface area contributed by atoms with Gasteiger partial charge in [-0.15, -0.1) is 0 Å². The van der Waals surface area contributed by atoms with Gasteiger partial charge in [0, 0.05) is 31.7 Å². The number of nitrogens with zero attached hydrogens (tertiary/aromatic N) is 2. The molecule has 2 saturated heterocycles. The van der Waals surface area contributed by atoms with Crippen molar-refractivity contribution in [2.45, 2.75) is 43.9 Å². The highest BCUT2D eigenvalue weighted by Crippen LogP contribution is 2.29. The van der Waals surface area contributed by atoms with Gasteiger partial charge in [-0.05, 0) is 39.3 Å². The lowest BCUT2D eigenvalue weighted by atomic mass is 10.2. The molecule has 0 bridgehead atoms. The van der Waals surface area contributed by atoms with Crippen LogP contribution in [-0.2, 0) is 9.53 Å². The fourth-order valence-corrected chi connectivity index (χ4v) is 3.07. The highest BCUT2D eigenvalue weighted by molar-refractivity contribution is 5.82. The first-order valence-corrected chi connectivity index (χ1v) is 7.58. The number of ether oxygens (including phenoxy) is 1. The number of amides is 1. The molecule has 5 nitrogen and oxygen atoms in total. The smallest absolute Gasteiger partial charge is 0.253 e. The molecule has 1 aliphatic carbocycles. The Kier molecular flexibility index (Phi) is 4.05. The fourth-order valence-electron chi connectivity index (χ4n) is 3.07. The van der Waals surface area contributed by atoms with Gasteiger partial charge in [-0.1, -0.05) is 0 Å². The molecular formula is C14H25N3O2. The summed E-state index contributed by atoms with van der Waals surface area (Å²) in [5, 5.41) is 3.49. The van der Waals surface area contributed by atoms with Crippen molar-refractivity contribution < 1.29 is 9.53 Å². The van der Waals surface area contributed by atoms with Crippen LogP contribution in [0.25, 0.3) is 0 Å². The third-order valence-corrected chi connectivity index (χ3v) is 4.40. The Morgan fingerprint density at radius 3 is 2.89 bits per heavy atom. The number of rotatable bonds is 4. The lowest BCUT2D eigenvalue weighted by Gasteiger charge is -2.34. The molecule has 0 radical (unpaired) electrons. The van der Waals surface area contributed by atoms with Gasteiger partial charge in [-0.25, -0.2) is 0 Å². The van der Waals surface area contributed by atoms with E-state index in [1.807, 2.05) is 0 Å². The van der Waals surface area contributed by atoms with Crippen molar-refractivity contribution in [1.29, 1.82) is 0 Å². The first-order chi connectivity index (χ1) is 9.24. The first-order valence-electron chi connectivity index (χ1n) is 7.58. The maximum absolute atomic E-state index is 12.7. The summed E-state index contributed by atoms with van der Waals surface area (Å²) in [5.74, 6) is 0.211. The van der Waals surface area contributed by atoms with E-state index in [0.29, 0.717) is 18.7 Å². The summed E-state index contributed by atoms with van der Waals surface area (Å²) in [6.07, 6.45) is 4.52. The molecule has 1 N–H and O–H groups in total. The molecule has 0 unspecified atom stereocenters. The summed E-state index contributed by atoms with van der Waals surface area (Å²) in [7, 11) is 2.06. The Morgan fingerprint density at radius 2 is 2.26 bits per heavy atom. The van der Waals surface area contributed by atoms with Crippen molar-refractivity contribution >= 4 is 5.91 Å². The summed E-state index contributed by atoms with van der Waals surface area (Å²) in [6, 6.07) is 0.969. The van der Waals surface area contributed by atoms with Crippen molar-refractivity contribution in [3.05, 3.63) is 0 Å².